The van der Waals surface area contributed by atoms with E-state index in [2.05, 4.69) is 20.4 Å². The molecule has 0 bridgehead atoms. The monoisotopic (exact) mass is 412 g/mol. The fraction of sp³-hybridized carbons (Fsp3) is 0.500. The van der Waals surface area contributed by atoms with Crippen LogP contribution in [-0.4, -0.2) is 57.8 Å². The molecule has 30 heavy (non-hydrogen) atoms. The van der Waals surface area contributed by atoms with Gasteiger partial charge in [0.05, 0.1) is 26.0 Å². The SMILES string of the molecule is O=C(CCc1nnc2ccc(N3CCC4(CC3)OCCO4)nn12)NCc1ccco1. The van der Waals surface area contributed by atoms with Crippen LogP contribution in [0.4, 0.5) is 5.82 Å². The van der Waals surface area contributed by atoms with Crippen molar-refractivity contribution in [2.45, 2.75) is 38.0 Å². The summed E-state index contributed by atoms with van der Waals surface area (Å²) in [4.78, 5) is 14.4. The number of hydrogen-bond acceptors (Lipinski definition) is 8. The van der Waals surface area contributed by atoms with E-state index in [9.17, 15) is 4.79 Å². The second kappa shape index (κ2) is 8.04. The van der Waals surface area contributed by atoms with Crippen molar-refractivity contribution in [2.24, 2.45) is 0 Å². The van der Waals surface area contributed by atoms with Gasteiger partial charge in [0.1, 0.15) is 11.6 Å². The summed E-state index contributed by atoms with van der Waals surface area (Å²) in [6, 6.07) is 7.48. The van der Waals surface area contributed by atoms with Gasteiger partial charge in [-0.2, -0.15) is 4.52 Å². The number of carbonyl (C=O) groups excluding carboxylic acids is 1. The molecule has 0 unspecified atom stereocenters. The summed E-state index contributed by atoms with van der Waals surface area (Å²) in [6.45, 7) is 3.34. The predicted molar refractivity (Wildman–Crippen MR) is 106 cm³/mol. The zero-order valence-corrected chi connectivity index (χ0v) is 16.6. The fourth-order valence-corrected chi connectivity index (χ4v) is 3.92. The molecule has 2 fully saturated rings. The highest BCUT2D eigenvalue weighted by Gasteiger charge is 2.40. The highest BCUT2D eigenvalue weighted by Crippen LogP contribution is 2.32. The van der Waals surface area contributed by atoms with E-state index < -0.39 is 5.79 Å². The van der Waals surface area contributed by atoms with Gasteiger partial charge in [0.15, 0.2) is 17.3 Å². The lowest BCUT2D eigenvalue weighted by molar-refractivity contribution is -0.169. The molecule has 0 aliphatic carbocycles. The summed E-state index contributed by atoms with van der Waals surface area (Å²) < 4.78 is 18.6. The lowest BCUT2D eigenvalue weighted by Crippen LogP contribution is -2.45. The van der Waals surface area contributed by atoms with Gasteiger partial charge in [-0.15, -0.1) is 15.3 Å². The first kappa shape index (κ1) is 19.0. The van der Waals surface area contributed by atoms with E-state index in [-0.39, 0.29) is 5.91 Å². The number of rotatable bonds is 6. The molecular formula is C20H24N6O4. The van der Waals surface area contributed by atoms with E-state index in [4.69, 9.17) is 19.0 Å². The number of ether oxygens (including phenoxy) is 2. The van der Waals surface area contributed by atoms with Crippen LogP contribution in [0.3, 0.4) is 0 Å². The molecule has 5 heterocycles. The molecule has 1 N–H and O–H groups in total. The van der Waals surface area contributed by atoms with E-state index in [1.54, 1.807) is 16.8 Å². The fourth-order valence-electron chi connectivity index (χ4n) is 3.92. The first-order valence-electron chi connectivity index (χ1n) is 10.2. The number of furan rings is 1. The minimum atomic E-state index is -0.411. The third-order valence-corrected chi connectivity index (χ3v) is 5.59. The molecule has 158 valence electrons. The first-order chi connectivity index (χ1) is 14.7. The van der Waals surface area contributed by atoms with Gasteiger partial charge in [-0.1, -0.05) is 0 Å². The maximum Gasteiger partial charge on any atom is 0.220 e. The number of nitrogens with one attached hydrogen (secondary N) is 1. The van der Waals surface area contributed by atoms with Crippen LogP contribution in [0.5, 0.6) is 0 Å². The second-order valence-electron chi connectivity index (χ2n) is 7.53. The van der Waals surface area contributed by atoms with Crippen LogP contribution < -0.4 is 10.2 Å². The van der Waals surface area contributed by atoms with Crippen molar-refractivity contribution < 1.29 is 18.7 Å². The van der Waals surface area contributed by atoms with Gasteiger partial charge < -0.3 is 24.1 Å². The Morgan fingerprint density at radius 3 is 2.73 bits per heavy atom. The van der Waals surface area contributed by atoms with Crippen LogP contribution >= 0.6 is 0 Å². The van der Waals surface area contributed by atoms with Gasteiger partial charge in [-0.05, 0) is 24.3 Å². The smallest absolute Gasteiger partial charge is 0.220 e. The number of piperidine rings is 1. The normalized spacial score (nSPS) is 18.3. The maximum absolute atomic E-state index is 12.1. The number of fused-ring (bicyclic) bond motifs is 1. The van der Waals surface area contributed by atoms with Crippen LogP contribution in [0, 0.1) is 0 Å². The van der Waals surface area contributed by atoms with Gasteiger partial charge in [-0.3, -0.25) is 4.79 Å². The maximum atomic E-state index is 12.1. The molecular weight excluding hydrogens is 388 g/mol. The summed E-state index contributed by atoms with van der Waals surface area (Å²) in [6.07, 6.45) is 3.97. The molecule has 0 aromatic carbocycles. The quantitative estimate of drug-likeness (QED) is 0.646. The average molecular weight is 412 g/mol. The molecule has 3 aromatic rings. The second-order valence-corrected chi connectivity index (χ2v) is 7.53. The lowest BCUT2D eigenvalue weighted by atomic mass is 10.0. The van der Waals surface area contributed by atoms with Crippen molar-refractivity contribution in [2.75, 3.05) is 31.2 Å². The Morgan fingerprint density at radius 2 is 1.97 bits per heavy atom. The van der Waals surface area contributed by atoms with Crippen LogP contribution in [0.25, 0.3) is 5.65 Å². The van der Waals surface area contributed by atoms with E-state index in [0.717, 1.165) is 37.5 Å². The van der Waals surface area contributed by atoms with Gasteiger partial charge >= 0.3 is 0 Å². The van der Waals surface area contributed by atoms with E-state index in [1.807, 2.05) is 18.2 Å². The molecule has 10 heteroatoms. The van der Waals surface area contributed by atoms with E-state index in [0.29, 0.717) is 44.1 Å². The van der Waals surface area contributed by atoms with Crippen molar-refractivity contribution in [1.29, 1.82) is 0 Å². The standard InChI is InChI=1S/C20H24N6O4/c27-19(21-14-15-2-1-11-28-15)6-5-17-23-22-16-3-4-18(24-26(16)17)25-9-7-20(8-10-25)29-12-13-30-20/h1-4,11H,5-10,12-14H2,(H,21,27). The highest BCUT2D eigenvalue weighted by molar-refractivity contribution is 5.76. The Labute approximate surface area is 173 Å². The Morgan fingerprint density at radius 1 is 1.13 bits per heavy atom. The molecule has 0 saturated carbocycles. The minimum Gasteiger partial charge on any atom is -0.467 e. The van der Waals surface area contributed by atoms with Crippen molar-refractivity contribution in [3.63, 3.8) is 0 Å². The molecule has 10 nitrogen and oxygen atoms in total. The molecule has 2 aliphatic rings. The third kappa shape index (κ3) is 3.88. The highest BCUT2D eigenvalue weighted by atomic mass is 16.7. The number of nitrogens with zero attached hydrogens (tertiary/aromatic N) is 5. The average Bonchev–Trinajstić information content (AvgIpc) is 3.53. The number of amides is 1. The van der Waals surface area contributed by atoms with Gasteiger partial charge in [0.25, 0.3) is 0 Å². The van der Waals surface area contributed by atoms with E-state index in [1.165, 1.54) is 0 Å². The molecule has 1 amide bonds. The van der Waals surface area contributed by atoms with Crippen molar-refractivity contribution in [3.05, 3.63) is 42.1 Å². The summed E-state index contributed by atoms with van der Waals surface area (Å²) >= 11 is 0. The molecule has 3 aromatic heterocycles. The minimum absolute atomic E-state index is 0.0720. The van der Waals surface area contributed by atoms with Crippen molar-refractivity contribution in [3.8, 4) is 0 Å². The van der Waals surface area contributed by atoms with Crippen LogP contribution in [0.15, 0.2) is 34.9 Å². The topological polar surface area (TPSA) is 107 Å². The van der Waals surface area contributed by atoms with Gasteiger partial charge in [0, 0.05) is 38.8 Å². The number of aromatic nitrogens is 4. The summed E-state index contributed by atoms with van der Waals surface area (Å²) in [5, 5.41) is 16.0. The zero-order valence-electron chi connectivity index (χ0n) is 16.6. The summed E-state index contributed by atoms with van der Waals surface area (Å²) in [7, 11) is 0. The van der Waals surface area contributed by atoms with Crippen LogP contribution in [-0.2, 0) is 27.2 Å². The first-order valence-corrected chi connectivity index (χ1v) is 10.2. The Kier molecular flexibility index (Phi) is 5.09. The molecule has 0 radical (unpaired) electrons. The Bertz CT molecular complexity index is 1000. The number of hydrogen-bond donors (Lipinski definition) is 1. The lowest BCUT2D eigenvalue weighted by Gasteiger charge is -2.38. The van der Waals surface area contributed by atoms with Gasteiger partial charge in [0.2, 0.25) is 5.91 Å². The molecule has 0 atom stereocenters. The number of anilines is 1. The molecule has 2 saturated heterocycles. The molecule has 2 aliphatic heterocycles. The molecule has 1 spiro atoms. The summed E-state index contributed by atoms with van der Waals surface area (Å²) in [5.74, 6) is 1.76. The van der Waals surface area contributed by atoms with Crippen molar-refractivity contribution >= 4 is 17.4 Å². The third-order valence-electron chi connectivity index (χ3n) is 5.59. The zero-order chi connectivity index (χ0) is 20.4. The Hall–Kier alpha value is -2.98. The largest absolute Gasteiger partial charge is 0.467 e. The van der Waals surface area contributed by atoms with Gasteiger partial charge in [-0.25, -0.2) is 0 Å². The van der Waals surface area contributed by atoms with Crippen LogP contribution in [0.2, 0.25) is 0 Å². The van der Waals surface area contributed by atoms with Crippen molar-refractivity contribution in [1.82, 2.24) is 25.1 Å². The van der Waals surface area contributed by atoms with E-state index >= 15 is 0 Å². The van der Waals surface area contributed by atoms with Crippen LogP contribution in [0.1, 0.15) is 30.8 Å². The number of aryl methyl sites for hydroxylation is 1. The predicted octanol–water partition coefficient (Wildman–Crippen LogP) is 1.31. The number of carbonyl (C=O) groups is 1. The Balaban J connectivity index is 1.21. The molecule has 5 rings (SSSR count). The summed E-state index contributed by atoms with van der Waals surface area (Å²) in [5.41, 5.74) is 0.667.